The van der Waals surface area contributed by atoms with E-state index in [1.54, 1.807) is 12.1 Å². The topological polar surface area (TPSA) is 85.7 Å². The highest BCUT2D eigenvalue weighted by atomic mass is 32.2. The van der Waals surface area contributed by atoms with Gasteiger partial charge in [-0.1, -0.05) is 12.1 Å². The zero-order chi connectivity index (χ0) is 11.7. The quantitative estimate of drug-likeness (QED) is 0.587. The van der Waals surface area contributed by atoms with Crippen molar-refractivity contribution >= 4 is 27.5 Å². The van der Waals surface area contributed by atoms with Crippen LogP contribution in [0.4, 0.5) is 5.69 Å². The summed E-state index contributed by atoms with van der Waals surface area (Å²) in [7, 11) is 0. The van der Waals surface area contributed by atoms with Gasteiger partial charge >= 0.3 is 5.69 Å². The van der Waals surface area contributed by atoms with Gasteiger partial charge in [0, 0.05) is 16.8 Å². The van der Waals surface area contributed by atoms with E-state index >= 15 is 0 Å². The molecule has 2 aromatic carbocycles. The van der Waals surface area contributed by atoms with Crippen molar-refractivity contribution in [3.63, 3.8) is 0 Å². The first-order valence-electron chi connectivity index (χ1n) is 4.36. The molecule has 0 aliphatic rings. The van der Waals surface area contributed by atoms with Crippen LogP contribution in [-0.2, 0) is 11.1 Å². The SMILES string of the molecule is N#[N+]c1ccc2c(S(=O)O)cccc2c1O. The van der Waals surface area contributed by atoms with E-state index < -0.39 is 11.1 Å². The summed E-state index contributed by atoms with van der Waals surface area (Å²) in [6.45, 7) is 0. The van der Waals surface area contributed by atoms with Crippen molar-refractivity contribution in [3.05, 3.63) is 35.3 Å². The Morgan fingerprint density at radius 3 is 2.56 bits per heavy atom. The van der Waals surface area contributed by atoms with Crippen molar-refractivity contribution in [3.8, 4) is 5.75 Å². The number of phenolic OH excluding ortho intramolecular Hbond substituents is 1. The Morgan fingerprint density at radius 2 is 1.94 bits per heavy atom. The van der Waals surface area contributed by atoms with E-state index in [2.05, 4.69) is 4.98 Å². The Balaban J connectivity index is 2.89. The fourth-order valence-electron chi connectivity index (χ4n) is 1.53. The zero-order valence-electron chi connectivity index (χ0n) is 7.99. The number of diazo groups is 1. The van der Waals surface area contributed by atoms with E-state index in [1.807, 2.05) is 0 Å². The van der Waals surface area contributed by atoms with Crippen molar-refractivity contribution in [2.75, 3.05) is 0 Å². The maximum Gasteiger partial charge on any atom is 0.426 e. The lowest BCUT2D eigenvalue weighted by Crippen LogP contribution is -1.89. The number of rotatable bonds is 1. The highest BCUT2D eigenvalue weighted by Gasteiger charge is 2.18. The van der Waals surface area contributed by atoms with Gasteiger partial charge in [0.05, 0.1) is 4.90 Å². The Labute approximate surface area is 93.2 Å². The Bertz CT molecular complexity index is 634. The van der Waals surface area contributed by atoms with Gasteiger partial charge in [-0.3, -0.25) is 0 Å². The van der Waals surface area contributed by atoms with Gasteiger partial charge in [-0.05, 0) is 12.1 Å². The molecule has 6 heteroatoms. The number of hydrogen-bond donors (Lipinski definition) is 2. The van der Waals surface area contributed by atoms with E-state index in [0.717, 1.165) is 0 Å². The lowest BCUT2D eigenvalue weighted by molar-refractivity contribution is 0.484. The number of phenols is 1. The molecule has 0 saturated carbocycles. The first-order valence-corrected chi connectivity index (χ1v) is 5.46. The van der Waals surface area contributed by atoms with Crippen molar-refractivity contribution in [1.29, 1.82) is 5.39 Å². The second kappa shape index (κ2) is 3.89. The molecule has 0 bridgehead atoms. The summed E-state index contributed by atoms with van der Waals surface area (Å²) in [6, 6.07) is 7.51. The molecule has 0 fully saturated rings. The second-order valence-electron chi connectivity index (χ2n) is 3.13. The van der Waals surface area contributed by atoms with Crippen molar-refractivity contribution in [2.24, 2.45) is 0 Å². The molecule has 2 N–H and O–H groups in total. The molecule has 0 heterocycles. The normalized spacial score (nSPS) is 12.2. The fraction of sp³-hybridized carbons (Fsp3) is 0. The summed E-state index contributed by atoms with van der Waals surface area (Å²) in [5.41, 5.74) is 0.0216. The number of aromatic hydroxyl groups is 1. The second-order valence-corrected chi connectivity index (χ2v) is 4.07. The molecule has 0 saturated heterocycles. The molecular weight excluding hydrogens is 228 g/mol. The summed E-state index contributed by atoms with van der Waals surface area (Å²) < 4.78 is 20.1. The molecule has 0 radical (unpaired) electrons. The first-order chi connectivity index (χ1) is 7.65. The Hall–Kier alpha value is -1.97. The monoisotopic (exact) mass is 235 g/mol. The fourth-order valence-corrected chi connectivity index (χ4v) is 2.10. The lowest BCUT2D eigenvalue weighted by atomic mass is 10.1. The van der Waals surface area contributed by atoms with Crippen LogP contribution in [0.5, 0.6) is 5.75 Å². The predicted molar refractivity (Wildman–Crippen MR) is 59.4 cm³/mol. The van der Waals surface area contributed by atoms with Crippen LogP contribution in [0.1, 0.15) is 0 Å². The largest absolute Gasteiger partial charge is 0.501 e. The lowest BCUT2D eigenvalue weighted by Gasteiger charge is -2.02. The Kier molecular flexibility index (Phi) is 2.56. The minimum atomic E-state index is -2.12. The molecule has 16 heavy (non-hydrogen) atoms. The van der Waals surface area contributed by atoms with Gasteiger partial charge < -0.3 is 9.66 Å². The van der Waals surface area contributed by atoms with E-state index in [-0.39, 0.29) is 16.3 Å². The number of benzene rings is 2. The molecule has 1 atom stereocenters. The molecule has 5 nitrogen and oxygen atoms in total. The molecule has 2 aromatic rings. The van der Waals surface area contributed by atoms with Crippen LogP contribution in [0.2, 0.25) is 0 Å². The van der Waals surface area contributed by atoms with Gasteiger partial charge in [0.15, 0.2) is 16.1 Å². The van der Waals surface area contributed by atoms with Gasteiger partial charge in [0.2, 0.25) is 11.1 Å². The molecule has 2 rings (SSSR count). The summed E-state index contributed by atoms with van der Waals surface area (Å²) in [5, 5.41) is 19.2. The maximum atomic E-state index is 11.0. The van der Waals surface area contributed by atoms with Crippen LogP contribution < -0.4 is 0 Å². The molecular formula is C10H7N2O3S+. The maximum absolute atomic E-state index is 11.0. The predicted octanol–water partition coefficient (Wildman–Crippen LogP) is 2.61. The van der Waals surface area contributed by atoms with Crippen LogP contribution in [0.15, 0.2) is 35.2 Å². The molecule has 80 valence electrons. The van der Waals surface area contributed by atoms with Crippen LogP contribution in [0.3, 0.4) is 0 Å². The summed E-state index contributed by atoms with van der Waals surface area (Å²) >= 11 is -2.12. The third-order valence-electron chi connectivity index (χ3n) is 2.27. The molecule has 1 unspecified atom stereocenters. The van der Waals surface area contributed by atoms with Gasteiger partial charge in [-0.15, -0.1) is 0 Å². The van der Waals surface area contributed by atoms with Crippen LogP contribution in [0, 0.1) is 5.39 Å². The van der Waals surface area contributed by atoms with E-state index in [1.165, 1.54) is 18.2 Å². The van der Waals surface area contributed by atoms with Crippen molar-refractivity contribution < 1.29 is 13.9 Å². The first kappa shape index (κ1) is 10.5. The third-order valence-corrected chi connectivity index (χ3v) is 3.00. The minimum absolute atomic E-state index is 0.0216. The van der Waals surface area contributed by atoms with Gasteiger partial charge in [0.1, 0.15) is 0 Å². The molecule has 0 aliphatic carbocycles. The zero-order valence-corrected chi connectivity index (χ0v) is 8.81. The number of hydrogen-bond acceptors (Lipinski definition) is 3. The third kappa shape index (κ3) is 1.52. The van der Waals surface area contributed by atoms with Crippen LogP contribution in [-0.4, -0.2) is 13.9 Å². The van der Waals surface area contributed by atoms with E-state index in [9.17, 15) is 9.32 Å². The number of fused-ring (bicyclic) bond motifs is 1. The van der Waals surface area contributed by atoms with Crippen LogP contribution >= 0.6 is 0 Å². The highest BCUT2D eigenvalue weighted by Crippen LogP contribution is 2.36. The average molecular weight is 235 g/mol. The van der Waals surface area contributed by atoms with Crippen LogP contribution in [0.25, 0.3) is 15.7 Å². The summed E-state index contributed by atoms with van der Waals surface area (Å²) in [6.07, 6.45) is 0. The minimum Gasteiger partial charge on any atom is -0.501 e. The standard InChI is InChI=1S/C10H6N2O3S/c11-12-8-5-4-6-7(10(8)13)2-1-3-9(6)16(14)15/h1-5H,(H-,13,14,15)/p+1. The molecule has 0 spiro atoms. The molecule has 0 amide bonds. The smallest absolute Gasteiger partial charge is 0.426 e. The molecule has 0 aliphatic heterocycles. The van der Waals surface area contributed by atoms with Crippen molar-refractivity contribution in [1.82, 2.24) is 0 Å². The van der Waals surface area contributed by atoms with Gasteiger partial charge in [-0.2, -0.15) is 0 Å². The van der Waals surface area contributed by atoms with Gasteiger partial charge in [0.25, 0.3) is 0 Å². The van der Waals surface area contributed by atoms with Crippen molar-refractivity contribution in [2.45, 2.75) is 4.90 Å². The van der Waals surface area contributed by atoms with E-state index in [0.29, 0.717) is 10.8 Å². The molecule has 0 aromatic heterocycles. The Morgan fingerprint density at radius 1 is 1.19 bits per heavy atom. The van der Waals surface area contributed by atoms with Gasteiger partial charge in [-0.25, -0.2) is 4.21 Å². The summed E-state index contributed by atoms with van der Waals surface area (Å²) in [4.78, 5) is 3.11. The average Bonchev–Trinajstić information content (AvgIpc) is 2.29. The van der Waals surface area contributed by atoms with E-state index in [4.69, 9.17) is 9.95 Å². The highest BCUT2D eigenvalue weighted by molar-refractivity contribution is 7.79. The number of nitrogens with zero attached hydrogens (tertiary/aromatic N) is 2. The summed E-state index contributed by atoms with van der Waals surface area (Å²) in [5.74, 6) is -0.215.